The first kappa shape index (κ1) is 17.4. The van der Waals surface area contributed by atoms with Gasteiger partial charge in [-0.05, 0) is 64.7 Å². The van der Waals surface area contributed by atoms with Crippen LogP contribution >= 0.6 is 0 Å². The Labute approximate surface area is 139 Å². The van der Waals surface area contributed by atoms with Gasteiger partial charge in [0.25, 0.3) is 0 Å². The summed E-state index contributed by atoms with van der Waals surface area (Å²) in [5, 5.41) is 3.49. The van der Waals surface area contributed by atoms with Crippen LogP contribution in [0.5, 0.6) is 0 Å². The Morgan fingerprint density at radius 1 is 1.35 bits per heavy atom. The number of nitrogens with two attached hydrogens (primary N) is 1. The van der Waals surface area contributed by atoms with E-state index in [1.165, 1.54) is 0 Å². The summed E-state index contributed by atoms with van der Waals surface area (Å²) >= 11 is 0. The van der Waals surface area contributed by atoms with E-state index < -0.39 is 5.60 Å². The van der Waals surface area contributed by atoms with Crippen LogP contribution < -0.4 is 11.1 Å². The van der Waals surface area contributed by atoms with Gasteiger partial charge in [0.15, 0.2) is 0 Å². The highest BCUT2D eigenvalue weighted by Gasteiger charge is 2.26. The van der Waals surface area contributed by atoms with E-state index in [1.54, 1.807) is 4.90 Å². The second kappa shape index (κ2) is 7.11. The molecule has 0 radical (unpaired) electrons. The molecule has 1 amide bonds. The number of ether oxygens (including phenoxy) is 1. The Kier molecular flexibility index (Phi) is 5.39. The maximum atomic E-state index is 12.3. The first-order chi connectivity index (χ1) is 10.7. The van der Waals surface area contributed by atoms with Gasteiger partial charge < -0.3 is 20.7 Å². The summed E-state index contributed by atoms with van der Waals surface area (Å²) in [6, 6.07) is 6.20. The van der Waals surface area contributed by atoms with Crippen molar-refractivity contribution in [1.29, 1.82) is 0 Å². The zero-order valence-corrected chi connectivity index (χ0v) is 14.7. The summed E-state index contributed by atoms with van der Waals surface area (Å²) in [6.07, 6.45) is 2.87. The Hall–Kier alpha value is -1.91. The van der Waals surface area contributed by atoms with Crippen molar-refractivity contribution in [2.45, 2.75) is 58.6 Å². The van der Waals surface area contributed by atoms with E-state index in [1.807, 2.05) is 45.9 Å². The molecule has 1 atom stereocenters. The third kappa shape index (κ3) is 5.34. The van der Waals surface area contributed by atoms with Crippen LogP contribution in [0.4, 0.5) is 16.2 Å². The molecular formula is C18H29N3O2. The number of hydrogen-bond acceptors (Lipinski definition) is 4. The highest BCUT2D eigenvalue weighted by atomic mass is 16.6. The quantitative estimate of drug-likeness (QED) is 0.814. The minimum atomic E-state index is -0.465. The van der Waals surface area contributed by atoms with Crippen LogP contribution in [0.25, 0.3) is 0 Å². The molecule has 1 aliphatic rings. The number of likely N-dealkylation sites (tertiary alicyclic amines) is 1. The summed E-state index contributed by atoms with van der Waals surface area (Å²) in [7, 11) is 0. The molecule has 0 unspecified atom stereocenters. The molecule has 3 N–H and O–H groups in total. The highest BCUT2D eigenvalue weighted by Crippen LogP contribution is 2.23. The molecule has 0 spiro atoms. The van der Waals surface area contributed by atoms with Gasteiger partial charge in [0.2, 0.25) is 0 Å². The van der Waals surface area contributed by atoms with Crippen molar-refractivity contribution in [3.05, 3.63) is 23.8 Å². The molecule has 23 heavy (non-hydrogen) atoms. The number of amides is 1. The summed E-state index contributed by atoms with van der Waals surface area (Å²) in [4.78, 5) is 14.1. The highest BCUT2D eigenvalue weighted by molar-refractivity contribution is 5.69. The number of nitrogen functional groups attached to an aromatic ring is 1. The van der Waals surface area contributed by atoms with Crippen LogP contribution in [-0.2, 0) is 4.74 Å². The number of hydrogen-bond donors (Lipinski definition) is 2. The molecule has 5 nitrogen and oxygen atoms in total. The van der Waals surface area contributed by atoms with Crippen molar-refractivity contribution in [2.75, 3.05) is 24.1 Å². The molecule has 1 aromatic rings. The van der Waals surface area contributed by atoms with Gasteiger partial charge in [-0.15, -0.1) is 0 Å². The third-order valence-corrected chi connectivity index (χ3v) is 3.89. The molecular weight excluding hydrogens is 290 g/mol. The van der Waals surface area contributed by atoms with Gasteiger partial charge in [-0.3, -0.25) is 0 Å². The molecule has 2 rings (SSSR count). The molecule has 1 aromatic carbocycles. The first-order valence-electron chi connectivity index (χ1n) is 8.35. The second-order valence-electron chi connectivity index (χ2n) is 7.35. The van der Waals surface area contributed by atoms with Gasteiger partial charge in [0.1, 0.15) is 5.60 Å². The first-order valence-corrected chi connectivity index (χ1v) is 8.35. The number of carbonyl (C=O) groups excluding carboxylic acids is 1. The number of benzene rings is 1. The van der Waals surface area contributed by atoms with Gasteiger partial charge in [0, 0.05) is 19.1 Å². The smallest absolute Gasteiger partial charge is 0.410 e. The van der Waals surface area contributed by atoms with Gasteiger partial charge in [0.05, 0.1) is 11.4 Å². The zero-order valence-electron chi connectivity index (χ0n) is 14.7. The van der Waals surface area contributed by atoms with Crippen molar-refractivity contribution in [3.8, 4) is 0 Å². The molecule has 0 saturated carbocycles. The van der Waals surface area contributed by atoms with Crippen molar-refractivity contribution >= 4 is 17.5 Å². The number of rotatable bonds is 2. The van der Waals surface area contributed by atoms with E-state index in [0.29, 0.717) is 6.54 Å². The summed E-state index contributed by atoms with van der Waals surface area (Å²) < 4.78 is 5.51. The van der Waals surface area contributed by atoms with E-state index in [0.717, 1.165) is 42.7 Å². The number of anilines is 2. The average molecular weight is 319 g/mol. The maximum absolute atomic E-state index is 12.3. The Bertz CT molecular complexity index is 552. The minimum absolute atomic E-state index is 0.190. The normalized spacial score (nSPS) is 19.1. The summed E-state index contributed by atoms with van der Waals surface area (Å²) in [5.41, 5.74) is 8.45. The van der Waals surface area contributed by atoms with Crippen molar-refractivity contribution in [2.24, 2.45) is 0 Å². The van der Waals surface area contributed by atoms with Gasteiger partial charge in [-0.25, -0.2) is 4.79 Å². The Morgan fingerprint density at radius 3 is 2.74 bits per heavy atom. The van der Waals surface area contributed by atoms with Gasteiger partial charge in [-0.2, -0.15) is 0 Å². The lowest BCUT2D eigenvalue weighted by Gasteiger charge is -2.29. The molecule has 1 heterocycles. The summed E-state index contributed by atoms with van der Waals surface area (Å²) in [6.45, 7) is 9.09. The van der Waals surface area contributed by atoms with Crippen molar-refractivity contribution in [1.82, 2.24) is 4.90 Å². The molecule has 0 aliphatic carbocycles. The standard InChI is InChI=1S/C18H29N3O2/c1-13-8-9-16(15(19)11-13)20-14-7-5-6-10-21(12-14)17(22)23-18(2,3)4/h8-9,11,14,20H,5-7,10,12,19H2,1-4H3/t14-/m0/s1. The molecule has 0 bridgehead atoms. The third-order valence-electron chi connectivity index (χ3n) is 3.89. The van der Waals surface area contributed by atoms with Crippen molar-refractivity contribution < 1.29 is 9.53 Å². The number of nitrogens with one attached hydrogen (secondary N) is 1. The van der Waals surface area contributed by atoms with Crippen LogP contribution in [0, 0.1) is 6.92 Å². The van der Waals surface area contributed by atoms with Crippen LogP contribution in [-0.4, -0.2) is 35.7 Å². The fraction of sp³-hybridized carbons (Fsp3) is 0.611. The number of carbonyl (C=O) groups is 1. The Morgan fingerprint density at radius 2 is 2.09 bits per heavy atom. The molecule has 128 valence electrons. The molecule has 1 saturated heterocycles. The lowest BCUT2D eigenvalue weighted by atomic mass is 10.1. The topological polar surface area (TPSA) is 67.6 Å². The SMILES string of the molecule is Cc1ccc(N[C@H]2CCCCN(C(=O)OC(C)(C)C)C2)c(N)c1. The van der Waals surface area contributed by atoms with E-state index in [-0.39, 0.29) is 12.1 Å². The molecule has 1 fully saturated rings. The van der Waals surface area contributed by atoms with E-state index >= 15 is 0 Å². The average Bonchev–Trinajstić information content (AvgIpc) is 2.66. The van der Waals surface area contributed by atoms with E-state index in [2.05, 4.69) is 5.32 Å². The van der Waals surface area contributed by atoms with Crippen LogP contribution in [0.2, 0.25) is 0 Å². The lowest BCUT2D eigenvalue weighted by molar-refractivity contribution is 0.0252. The molecule has 5 heteroatoms. The van der Waals surface area contributed by atoms with Gasteiger partial charge in [-0.1, -0.05) is 6.07 Å². The maximum Gasteiger partial charge on any atom is 0.410 e. The predicted molar refractivity (Wildman–Crippen MR) is 94.7 cm³/mol. The monoisotopic (exact) mass is 319 g/mol. The fourth-order valence-corrected chi connectivity index (χ4v) is 2.79. The second-order valence-corrected chi connectivity index (χ2v) is 7.35. The van der Waals surface area contributed by atoms with Crippen LogP contribution in [0.1, 0.15) is 45.6 Å². The lowest BCUT2D eigenvalue weighted by Crippen LogP contribution is -2.42. The molecule has 0 aromatic heterocycles. The number of aryl methyl sites for hydroxylation is 1. The van der Waals surface area contributed by atoms with Gasteiger partial charge >= 0.3 is 6.09 Å². The van der Waals surface area contributed by atoms with Crippen LogP contribution in [0.3, 0.4) is 0 Å². The molecule has 1 aliphatic heterocycles. The fourth-order valence-electron chi connectivity index (χ4n) is 2.79. The van der Waals surface area contributed by atoms with Crippen molar-refractivity contribution in [3.63, 3.8) is 0 Å². The van der Waals surface area contributed by atoms with Crippen LogP contribution in [0.15, 0.2) is 18.2 Å². The van der Waals surface area contributed by atoms with E-state index in [9.17, 15) is 4.79 Å². The predicted octanol–water partition coefficient (Wildman–Crippen LogP) is 3.78. The minimum Gasteiger partial charge on any atom is -0.444 e. The van der Waals surface area contributed by atoms with E-state index in [4.69, 9.17) is 10.5 Å². The number of nitrogens with zero attached hydrogens (tertiary/aromatic N) is 1. The summed E-state index contributed by atoms with van der Waals surface area (Å²) in [5.74, 6) is 0. The largest absolute Gasteiger partial charge is 0.444 e. The zero-order chi connectivity index (χ0) is 17.0. The Balaban J connectivity index is 2.03.